The van der Waals surface area contributed by atoms with E-state index in [1.54, 1.807) is 36.4 Å². The van der Waals surface area contributed by atoms with Crippen molar-refractivity contribution < 1.29 is 14.7 Å². The number of amides is 1. The fourth-order valence-electron chi connectivity index (χ4n) is 2.85. The molecule has 0 fully saturated rings. The van der Waals surface area contributed by atoms with Gasteiger partial charge in [-0.05, 0) is 65.6 Å². The van der Waals surface area contributed by atoms with E-state index in [2.05, 4.69) is 5.32 Å². The lowest BCUT2D eigenvalue weighted by Gasteiger charge is -2.10. The molecule has 0 saturated carbocycles. The van der Waals surface area contributed by atoms with Crippen LogP contribution in [0.1, 0.15) is 31.8 Å². The Kier molecular flexibility index (Phi) is 5.57. The molecule has 0 aliphatic heterocycles. The molecule has 0 spiro atoms. The predicted octanol–water partition coefficient (Wildman–Crippen LogP) is 4.94. The number of nitrogens with one attached hydrogen (secondary N) is 1. The maximum atomic E-state index is 12.4. The molecule has 0 aliphatic rings. The van der Waals surface area contributed by atoms with Gasteiger partial charge in [0.1, 0.15) is 0 Å². The molecular weight excluding hydrogens is 362 g/mol. The zero-order chi connectivity index (χ0) is 19.4. The van der Waals surface area contributed by atoms with Crippen LogP contribution < -0.4 is 5.32 Å². The molecule has 2 N–H and O–H groups in total. The van der Waals surface area contributed by atoms with Gasteiger partial charge in [0.05, 0.1) is 5.56 Å². The normalized spacial score (nSPS) is 10.4. The number of halogens is 1. The number of hydrogen-bond donors (Lipinski definition) is 2. The fourth-order valence-corrected chi connectivity index (χ4v) is 3.08. The quantitative estimate of drug-likeness (QED) is 0.659. The highest BCUT2D eigenvalue weighted by Gasteiger charge is 2.10. The van der Waals surface area contributed by atoms with Crippen LogP contribution >= 0.6 is 11.6 Å². The first-order valence-corrected chi connectivity index (χ1v) is 8.79. The van der Waals surface area contributed by atoms with Crippen molar-refractivity contribution in [2.24, 2.45) is 0 Å². The van der Waals surface area contributed by atoms with Crippen molar-refractivity contribution in [2.45, 2.75) is 13.5 Å². The molecule has 3 aromatic rings. The van der Waals surface area contributed by atoms with Crippen molar-refractivity contribution >= 4 is 23.5 Å². The van der Waals surface area contributed by atoms with Gasteiger partial charge in [0.25, 0.3) is 5.91 Å². The molecule has 0 heterocycles. The van der Waals surface area contributed by atoms with Crippen LogP contribution in [-0.2, 0) is 6.54 Å². The highest BCUT2D eigenvalue weighted by molar-refractivity contribution is 6.30. The van der Waals surface area contributed by atoms with Gasteiger partial charge in [0.15, 0.2) is 0 Å². The first kappa shape index (κ1) is 18.7. The molecule has 4 nitrogen and oxygen atoms in total. The molecule has 1 amide bonds. The second-order valence-electron chi connectivity index (χ2n) is 6.23. The monoisotopic (exact) mass is 379 g/mol. The molecule has 27 heavy (non-hydrogen) atoms. The topological polar surface area (TPSA) is 66.4 Å². The second-order valence-corrected chi connectivity index (χ2v) is 6.66. The number of rotatable bonds is 5. The van der Waals surface area contributed by atoms with E-state index in [0.29, 0.717) is 17.1 Å². The zero-order valence-electron chi connectivity index (χ0n) is 14.7. The maximum Gasteiger partial charge on any atom is 0.335 e. The molecule has 0 saturated heterocycles. The van der Waals surface area contributed by atoms with Crippen molar-refractivity contribution in [3.05, 3.63) is 94.0 Å². The van der Waals surface area contributed by atoms with Crippen molar-refractivity contribution in [1.82, 2.24) is 5.32 Å². The first-order chi connectivity index (χ1) is 12.9. The lowest BCUT2D eigenvalue weighted by Crippen LogP contribution is -2.23. The van der Waals surface area contributed by atoms with Crippen LogP contribution in [0.5, 0.6) is 0 Å². The molecule has 0 unspecified atom stereocenters. The summed E-state index contributed by atoms with van der Waals surface area (Å²) in [6.45, 7) is 2.21. The van der Waals surface area contributed by atoms with Crippen LogP contribution in [0.15, 0.2) is 66.7 Å². The molecule has 5 heteroatoms. The Labute approximate surface area is 162 Å². The lowest BCUT2D eigenvalue weighted by molar-refractivity contribution is 0.0696. The van der Waals surface area contributed by atoms with Gasteiger partial charge in [0, 0.05) is 17.1 Å². The molecule has 0 aliphatic carbocycles. The summed E-state index contributed by atoms with van der Waals surface area (Å²) in [6, 6.07) is 19.6. The van der Waals surface area contributed by atoms with E-state index >= 15 is 0 Å². The Balaban J connectivity index is 1.75. The summed E-state index contributed by atoms with van der Waals surface area (Å²) in [4.78, 5) is 23.6. The third-order valence-electron chi connectivity index (χ3n) is 4.26. The molecule has 0 radical (unpaired) electrons. The van der Waals surface area contributed by atoms with E-state index in [4.69, 9.17) is 16.7 Å². The zero-order valence-corrected chi connectivity index (χ0v) is 15.5. The molecule has 136 valence electrons. The standard InChI is InChI=1S/C22H18ClNO3/c1-14-10-19(23)8-9-20(14)21(25)24-13-15-4-2-5-16(11-15)17-6-3-7-18(12-17)22(26)27/h2-12H,13H2,1H3,(H,24,25)(H,26,27). The SMILES string of the molecule is Cc1cc(Cl)ccc1C(=O)NCc1cccc(-c2cccc(C(=O)O)c2)c1. The van der Waals surface area contributed by atoms with E-state index < -0.39 is 5.97 Å². The van der Waals surface area contributed by atoms with Gasteiger partial charge in [-0.2, -0.15) is 0 Å². The number of carbonyl (C=O) groups is 2. The number of benzene rings is 3. The fraction of sp³-hybridized carbons (Fsp3) is 0.0909. The molecule has 0 aromatic heterocycles. The lowest BCUT2D eigenvalue weighted by atomic mass is 10.0. The first-order valence-electron chi connectivity index (χ1n) is 8.41. The van der Waals surface area contributed by atoms with Gasteiger partial charge in [-0.1, -0.05) is 41.9 Å². The third kappa shape index (κ3) is 4.54. The number of carboxylic acids is 1. The summed E-state index contributed by atoms with van der Waals surface area (Å²) in [5.74, 6) is -1.12. The van der Waals surface area contributed by atoms with E-state index in [1.165, 1.54) is 0 Å². The summed E-state index contributed by atoms with van der Waals surface area (Å²) in [7, 11) is 0. The maximum absolute atomic E-state index is 12.4. The Morgan fingerprint density at radius 2 is 1.67 bits per heavy atom. The Morgan fingerprint density at radius 3 is 2.37 bits per heavy atom. The van der Waals surface area contributed by atoms with Gasteiger partial charge >= 0.3 is 5.97 Å². The van der Waals surface area contributed by atoms with Gasteiger partial charge < -0.3 is 10.4 Å². The van der Waals surface area contributed by atoms with Gasteiger partial charge in [0.2, 0.25) is 0 Å². The highest BCUT2D eigenvalue weighted by atomic mass is 35.5. The number of hydrogen-bond acceptors (Lipinski definition) is 2. The Bertz CT molecular complexity index is 1010. The smallest absolute Gasteiger partial charge is 0.335 e. The minimum Gasteiger partial charge on any atom is -0.478 e. The predicted molar refractivity (Wildman–Crippen MR) is 106 cm³/mol. The highest BCUT2D eigenvalue weighted by Crippen LogP contribution is 2.22. The van der Waals surface area contributed by atoms with Crippen LogP contribution in [0, 0.1) is 6.92 Å². The molecular formula is C22H18ClNO3. The van der Waals surface area contributed by atoms with Crippen molar-refractivity contribution in [3.8, 4) is 11.1 Å². The minimum atomic E-state index is -0.960. The Morgan fingerprint density at radius 1 is 0.963 bits per heavy atom. The Hall–Kier alpha value is -3.11. The van der Waals surface area contributed by atoms with E-state index in [-0.39, 0.29) is 11.5 Å². The number of carbonyl (C=O) groups excluding carboxylic acids is 1. The number of aryl methyl sites for hydroxylation is 1. The largest absolute Gasteiger partial charge is 0.478 e. The van der Waals surface area contributed by atoms with Gasteiger partial charge in [-0.3, -0.25) is 4.79 Å². The molecule has 0 atom stereocenters. The van der Waals surface area contributed by atoms with Crippen molar-refractivity contribution in [1.29, 1.82) is 0 Å². The van der Waals surface area contributed by atoms with Crippen LogP contribution in [0.3, 0.4) is 0 Å². The average molecular weight is 380 g/mol. The van der Waals surface area contributed by atoms with Gasteiger partial charge in [-0.15, -0.1) is 0 Å². The van der Waals surface area contributed by atoms with E-state index in [0.717, 1.165) is 22.3 Å². The molecule has 0 bridgehead atoms. The summed E-state index contributed by atoms with van der Waals surface area (Å²) in [6.07, 6.45) is 0. The molecule has 3 rings (SSSR count). The minimum absolute atomic E-state index is 0.164. The van der Waals surface area contributed by atoms with Crippen LogP contribution in [0.25, 0.3) is 11.1 Å². The summed E-state index contributed by atoms with van der Waals surface area (Å²) < 4.78 is 0. The van der Waals surface area contributed by atoms with Crippen LogP contribution in [0.4, 0.5) is 0 Å². The van der Waals surface area contributed by atoms with Crippen LogP contribution in [0.2, 0.25) is 5.02 Å². The van der Waals surface area contributed by atoms with Crippen molar-refractivity contribution in [3.63, 3.8) is 0 Å². The van der Waals surface area contributed by atoms with Crippen LogP contribution in [-0.4, -0.2) is 17.0 Å². The number of carboxylic acid groups (broad SMARTS) is 1. The second kappa shape index (κ2) is 8.06. The molecule has 3 aromatic carbocycles. The number of aromatic carboxylic acids is 1. The van der Waals surface area contributed by atoms with E-state index in [9.17, 15) is 9.59 Å². The van der Waals surface area contributed by atoms with Gasteiger partial charge in [-0.25, -0.2) is 4.79 Å². The summed E-state index contributed by atoms with van der Waals surface area (Å²) >= 11 is 5.93. The summed E-state index contributed by atoms with van der Waals surface area (Å²) in [5.41, 5.74) is 4.28. The third-order valence-corrected chi connectivity index (χ3v) is 4.49. The van der Waals surface area contributed by atoms with Crippen molar-refractivity contribution in [2.75, 3.05) is 0 Å². The average Bonchev–Trinajstić information content (AvgIpc) is 2.66. The summed E-state index contributed by atoms with van der Waals surface area (Å²) in [5, 5.41) is 12.7. The van der Waals surface area contributed by atoms with E-state index in [1.807, 2.05) is 37.3 Å².